The topological polar surface area (TPSA) is 46.5 Å². The summed E-state index contributed by atoms with van der Waals surface area (Å²) in [6.45, 7) is 5.81. The van der Waals surface area contributed by atoms with Crippen LogP contribution < -0.4 is 4.74 Å². The molecule has 20 heavy (non-hydrogen) atoms. The Labute approximate surface area is 118 Å². The van der Waals surface area contributed by atoms with E-state index in [1.54, 1.807) is 20.1 Å². The van der Waals surface area contributed by atoms with E-state index < -0.39 is 5.97 Å². The minimum absolute atomic E-state index is 0.324. The zero-order chi connectivity index (χ0) is 14.9. The number of methoxy groups -OCH3 is 1. The van der Waals surface area contributed by atoms with E-state index in [1.807, 2.05) is 32.0 Å². The third kappa shape index (κ3) is 2.52. The molecule has 1 N–H and O–H groups in total. The predicted molar refractivity (Wildman–Crippen MR) is 79.6 cm³/mol. The molecule has 3 nitrogen and oxygen atoms in total. The lowest BCUT2D eigenvalue weighted by Crippen LogP contribution is -2.01. The standard InChI is InChI=1S/C17H18O3/c1-10-7-12(3)16(15(8-10)20-4)13-6-5-11(2)14(9-13)17(18)19/h5-9H,1-4H3,(H,18,19). The first kappa shape index (κ1) is 14.1. The molecule has 0 atom stereocenters. The van der Waals surface area contributed by atoms with E-state index in [-0.39, 0.29) is 0 Å². The summed E-state index contributed by atoms with van der Waals surface area (Å²) in [6, 6.07) is 9.50. The third-order valence-corrected chi connectivity index (χ3v) is 3.42. The Balaban J connectivity index is 2.68. The van der Waals surface area contributed by atoms with Crippen molar-refractivity contribution in [2.75, 3.05) is 7.11 Å². The summed E-state index contributed by atoms with van der Waals surface area (Å²) in [7, 11) is 1.63. The predicted octanol–water partition coefficient (Wildman–Crippen LogP) is 3.99. The van der Waals surface area contributed by atoms with Gasteiger partial charge in [-0.3, -0.25) is 0 Å². The Morgan fingerprint density at radius 2 is 1.75 bits per heavy atom. The molecule has 0 bridgehead atoms. The van der Waals surface area contributed by atoms with Crippen LogP contribution in [-0.2, 0) is 0 Å². The summed E-state index contributed by atoms with van der Waals surface area (Å²) in [5.41, 5.74) is 5.08. The van der Waals surface area contributed by atoms with Gasteiger partial charge >= 0.3 is 5.97 Å². The van der Waals surface area contributed by atoms with Crippen LogP contribution in [0.15, 0.2) is 30.3 Å². The normalized spacial score (nSPS) is 10.4. The molecule has 0 saturated heterocycles. The minimum Gasteiger partial charge on any atom is -0.496 e. The molecule has 0 heterocycles. The summed E-state index contributed by atoms with van der Waals surface area (Å²) in [6.07, 6.45) is 0. The Morgan fingerprint density at radius 3 is 2.35 bits per heavy atom. The number of carboxylic acids is 1. The van der Waals surface area contributed by atoms with E-state index >= 15 is 0 Å². The smallest absolute Gasteiger partial charge is 0.335 e. The number of carbonyl (C=O) groups is 1. The number of benzene rings is 2. The molecule has 0 aromatic heterocycles. The van der Waals surface area contributed by atoms with Crippen LogP contribution >= 0.6 is 0 Å². The van der Waals surface area contributed by atoms with Crippen molar-refractivity contribution in [3.63, 3.8) is 0 Å². The fourth-order valence-electron chi connectivity index (χ4n) is 2.47. The molecule has 0 radical (unpaired) electrons. The molecule has 0 unspecified atom stereocenters. The summed E-state index contributed by atoms with van der Waals surface area (Å²) < 4.78 is 5.44. The van der Waals surface area contributed by atoms with Gasteiger partial charge in [-0.25, -0.2) is 4.79 Å². The van der Waals surface area contributed by atoms with Crippen molar-refractivity contribution >= 4 is 5.97 Å². The van der Waals surface area contributed by atoms with Gasteiger partial charge in [0.15, 0.2) is 0 Å². The molecular weight excluding hydrogens is 252 g/mol. The zero-order valence-electron chi connectivity index (χ0n) is 12.2. The van der Waals surface area contributed by atoms with Crippen LogP contribution in [0.3, 0.4) is 0 Å². The van der Waals surface area contributed by atoms with Crippen molar-refractivity contribution in [1.29, 1.82) is 0 Å². The Kier molecular flexibility index (Phi) is 3.79. The van der Waals surface area contributed by atoms with Gasteiger partial charge in [-0.05, 0) is 55.2 Å². The highest BCUT2D eigenvalue weighted by Gasteiger charge is 2.14. The number of aryl methyl sites for hydroxylation is 3. The van der Waals surface area contributed by atoms with Crippen LogP contribution in [0.2, 0.25) is 0 Å². The fourth-order valence-corrected chi connectivity index (χ4v) is 2.47. The van der Waals surface area contributed by atoms with Crippen LogP contribution in [0.5, 0.6) is 5.75 Å². The summed E-state index contributed by atoms with van der Waals surface area (Å²) in [4.78, 5) is 11.3. The molecule has 2 aromatic rings. The van der Waals surface area contributed by atoms with Crippen molar-refractivity contribution in [2.45, 2.75) is 20.8 Å². The quantitative estimate of drug-likeness (QED) is 0.917. The highest BCUT2D eigenvalue weighted by molar-refractivity contribution is 5.91. The lowest BCUT2D eigenvalue weighted by atomic mass is 9.94. The van der Waals surface area contributed by atoms with Crippen molar-refractivity contribution in [3.8, 4) is 16.9 Å². The molecule has 0 aliphatic rings. The van der Waals surface area contributed by atoms with Crippen LogP contribution in [0.1, 0.15) is 27.0 Å². The van der Waals surface area contributed by atoms with Gasteiger partial charge in [0.1, 0.15) is 5.75 Å². The van der Waals surface area contributed by atoms with Crippen molar-refractivity contribution in [1.82, 2.24) is 0 Å². The largest absolute Gasteiger partial charge is 0.496 e. The highest BCUT2D eigenvalue weighted by atomic mass is 16.5. The van der Waals surface area contributed by atoms with Gasteiger partial charge in [0.2, 0.25) is 0 Å². The average molecular weight is 270 g/mol. The fraction of sp³-hybridized carbons (Fsp3) is 0.235. The molecule has 0 aliphatic heterocycles. The van der Waals surface area contributed by atoms with Crippen LogP contribution in [-0.4, -0.2) is 18.2 Å². The maximum Gasteiger partial charge on any atom is 0.335 e. The van der Waals surface area contributed by atoms with E-state index in [9.17, 15) is 9.90 Å². The van der Waals surface area contributed by atoms with E-state index in [4.69, 9.17) is 4.74 Å². The SMILES string of the molecule is COc1cc(C)cc(C)c1-c1ccc(C)c(C(=O)O)c1. The van der Waals surface area contributed by atoms with Gasteiger partial charge in [-0.15, -0.1) is 0 Å². The van der Waals surface area contributed by atoms with Crippen LogP contribution in [0, 0.1) is 20.8 Å². The van der Waals surface area contributed by atoms with Gasteiger partial charge in [-0.1, -0.05) is 18.2 Å². The average Bonchev–Trinajstić information content (AvgIpc) is 2.38. The maximum absolute atomic E-state index is 11.3. The van der Waals surface area contributed by atoms with Crippen molar-refractivity contribution in [3.05, 3.63) is 52.6 Å². The first-order valence-corrected chi connectivity index (χ1v) is 6.43. The number of hydrogen-bond donors (Lipinski definition) is 1. The lowest BCUT2D eigenvalue weighted by molar-refractivity contribution is 0.0696. The second-order valence-corrected chi connectivity index (χ2v) is 4.99. The summed E-state index contributed by atoms with van der Waals surface area (Å²) in [5, 5.41) is 9.25. The second-order valence-electron chi connectivity index (χ2n) is 4.99. The first-order valence-electron chi connectivity index (χ1n) is 6.43. The number of rotatable bonds is 3. The molecule has 0 amide bonds. The molecule has 0 saturated carbocycles. The molecule has 3 heteroatoms. The zero-order valence-corrected chi connectivity index (χ0v) is 12.2. The summed E-state index contributed by atoms with van der Waals surface area (Å²) in [5.74, 6) is -0.143. The van der Waals surface area contributed by atoms with E-state index in [0.717, 1.165) is 33.6 Å². The molecule has 0 spiro atoms. The number of hydrogen-bond acceptors (Lipinski definition) is 2. The van der Waals surface area contributed by atoms with Crippen LogP contribution in [0.25, 0.3) is 11.1 Å². The molecule has 0 fully saturated rings. The van der Waals surface area contributed by atoms with Gasteiger partial charge in [-0.2, -0.15) is 0 Å². The number of aromatic carboxylic acids is 1. The summed E-state index contributed by atoms with van der Waals surface area (Å²) >= 11 is 0. The monoisotopic (exact) mass is 270 g/mol. The molecular formula is C17H18O3. The molecule has 2 aromatic carbocycles. The van der Waals surface area contributed by atoms with E-state index in [1.165, 1.54) is 0 Å². The maximum atomic E-state index is 11.3. The van der Waals surface area contributed by atoms with E-state index in [2.05, 4.69) is 6.07 Å². The van der Waals surface area contributed by atoms with Crippen LogP contribution in [0.4, 0.5) is 0 Å². The second kappa shape index (κ2) is 5.37. The van der Waals surface area contributed by atoms with Gasteiger partial charge in [0, 0.05) is 5.56 Å². The molecule has 0 aliphatic carbocycles. The Hall–Kier alpha value is -2.29. The van der Waals surface area contributed by atoms with Gasteiger partial charge in [0.25, 0.3) is 0 Å². The molecule has 104 valence electrons. The minimum atomic E-state index is -0.909. The number of ether oxygens (including phenoxy) is 1. The Morgan fingerprint density at radius 1 is 1.05 bits per heavy atom. The highest BCUT2D eigenvalue weighted by Crippen LogP contribution is 2.35. The van der Waals surface area contributed by atoms with Gasteiger partial charge in [0.05, 0.1) is 12.7 Å². The third-order valence-electron chi connectivity index (χ3n) is 3.42. The number of carboxylic acid groups (broad SMARTS) is 1. The first-order chi connectivity index (χ1) is 9.43. The molecule has 2 rings (SSSR count). The lowest BCUT2D eigenvalue weighted by Gasteiger charge is -2.14. The van der Waals surface area contributed by atoms with E-state index in [0.29, 0.717) is 5.56 Å². The Bertz CT molecular complexity index is 672. The van der Waals surface area contributed by atoms with Crippen molar-refractivity contribution in [2.24, 2.45) is 0 Å². The van der Waals surface area contributed by atoms with Crippen molar-refractivity contribution < 1.29 is 14.6 Å². The van der Waals surface area contributed by atoms with Gasteiger partial charge < -0.3 is 9.84 Å².